The first kappa shape index (κ1) is 16.5. The summed E-state index contributed by atoms with van der Waals surface area (Å²) in [6, 6.07) is 7.34. The zero-order valence-corrected chi connectivity index (χ0v) is 13.1. The number of hydrogen-bond acceptors (Lipinski definition) is 4. The van der Waals surface area contributed by atoms with Gasteiger partial charge in [-0.15, -0.1) is 0 Å². The molecule has 0 saturated carbocycles. The number of esters is 1. The van der Waals surface area contributed by atoms with Gasteiger partial charge in [-0.05, 0) is 56.0 Å². The lowest BCUT2D eigenvalue weighted by Gasteiger charge is -2.22. The van der Waals surface area contributed by atoms with Gasteiger partial charge in [0.2, 0.25) is 5.91 Å². The third kappa shape index (κ3) is 5.48. The number of methoxy groups -OCH3 is 1. The van der Waals surface area contributed by atoms with Gasteiger partial charge < -0.3 is 15.4 Å². The van der Waals surface area contributed by atoms with Crippen LogP contribution in [0.1, 0.15) is 31.2 Å². The molecule has 0 spiro atoms. The second kappa shape index (κ2) is 8.54. The van der Waals surface area contributed by atoms with E-state index in [4.69, 9.17) is 0 Å². The maximum atomic E-state index is 12.0. The van der Waals surface area contributed by atoms with E-state index in [1.54, 1.807) is 0 Å². The third-order valence-corrected chi connectivity index (χ3v) is 4.03. The van der Waals surface area contributed by atoms with Crippen LogP contribution in [0.2, 0.25) is 0 Å². The summed E-state index contributed by atoms with van der Waals surface area (Å²) in [5, 5.41) is 6.24. The van der Waals surface area contributed by atoms with E-state index in [0.29, 0.717) is 12.3 Å². The first-order chi connectivity index (χ1) is 10.7. The average Bonchev–Trinajstić information content (AvgIpc) is 2.54. The van der Waals surface area contributed by atoms with Gasteiger partial charge in [-0.25, -0.2) is 0 Å². The van der Waals surface area contributed by atoms with Crippen molar-refractivity contribution in [3.05, 3.63) is 29.8 Å². The van der Waals surface area contributed by atoms with Crippen LogP contribution >= 0.6 is 0 Å². The molecule has 1 heterocycles. The summed E-state index contributed by atoms with van der Waals surface area (Å²) in [5.74, 6) is 0.404. The minimum atomic E-state index is -0.283. The van der Waals surface area contributed by atoms with Crippen LogP contribution in [0.4, 0.5) is 5.69 Å². The molecule has 0 aliphatic carbocycles. The molecule has 2 rings (SSSR count). The molecule has 22 heavy (non-hydrogen) atoms. The molecule has 1 saturated heterocycles. The van der Waals surface area contributed by atoms with Crippen LogP contribution in [0, 0.1) is 5.92 Å². The number of rotatable bonds is 6. The predicted octanol–water partition coefficient (Wildman–Crippen LogP) is 2.12. The molecule has 1 aromatic rings. The van der Waals surface area contributed by atoms with Crippen LogP contribution in [-0.4, -0.2) is 32.1 Å². The number of hydrogen-bond donors (Lipinski definition) is 2. The molecule has 0 aromatic heterocycles. The van der Waals surface area contributed by atoms with Gasteiger partial charge in [-0.1, -0.05) is 12.1 Å². The second-order valence-electron chi connectivity index (χ2n) is 5.73. The number of piperidine rings is 1. The Labute approximate surface area is 131 Å². The van der Waals surface area contributed by atoms with E-state index in [9.17, 15) is 9.59 Å². The highest BCUT2D eigenvalue weighted by Gasteiger charge is 2.14. The van der Waals surface area contributed by atoms with Gasteiger partial charge >= 0.3 is 5.97 Å². The quantitative estimate of drug-likeness (QED) is 0.790. The zero-order valence-electron chi connectivity index (χ0n) is 13.1. The van der Waals surface area contributed by atoms with Crippen molar-refractivity contribution in [2.45, 2.75) is 32.1 Å². The number of carbonyl (C=O) groups excluding carboxylic acids is 2. The molecule has 1 aliphatic rings. The van der Waals surface area contributed by atoms with Gasteiger partial charge in [0.1, 0.15) is 0 Å². The van der Waals surface area contributed by atoms with Crippen molar-refractivity contribution < 1.29 is 14.3 Å². The van der Waals surface area contributed by atoms with Gasteiger partial charge in [0.05, 0.1) is 13.5 Å². The molecule has 1 fully saturated rings. The van der Waals surface area contributed by atoms with Gasteiger partial charge in [0.15, 0.2) is 0 Å². The molecule has 1 aliphatic heterocycles. The van der Waals surface area contributed by atoms with Crippen molar-refractivity contribution in [1.82, 2.24) is 5.32 Å². The lowest BCUT2D eigenvalue weighted by Crippen LogP contribution is -2.28. The minimum absolute atomic E-state index is 0.0359. The zero-order chi connectivity index (χ0) is 15.8. The average molecular weight is 304 g/mol. The van der Waals surface area contributed by atoms with Crippen LogP contribution in [0.3, 0.4) is 0 Å². The van der Waals surface area contributed by atoms with E-state index >= 15 is 0 Å². The molecular formula is C17H24N2O3. The first-order valence-corrected chi connectivity index (χ1v) is 7.83. The minimum Gasteiger partial charge on any atom is -0.469 e. The van der Waals surface area contributed by atoms with Crippen molar-refractivity contribution in [3.63, 3.8) is 0 Å². The molecule has 0 unspecified atom stereocenters. The van der Waals surface area contributed by atoms with E-state index in [0.717, 1.165) is 43.6 Å². The molecule has 1 amide bonds. The molecule has 5 heteroatoms. The largest absolute Gasteiger partial charge is 0.469 e. The van der Waals surface area contributed by atoms with Crippen LogP contribution in [0.15, 0.2) is 24.3 Å². The van der Waals surface area contributed by atoms with Crippen LogP contribution in [0.5, 0.6) is 0 Å². The SMILES string of the molecule is COC(=O)Cc1cccc(NC(=O)CCC2CCNCC2)c1. The lowest BCUT2D eigenvalue weighted by atomic mass is 9.93. The summed E-state index contributed by atoms with van der Waals surface area (Å²) in [5.41, 5.74) is 1.57. The summed E-state index contributed by atoms with van der Waals surface area (Å²) >= 11 is 0. The summed E-state index contributed by atoms with van der Waals surface area (Å²) in [7, 11) is 1.37. The monoisotopic (exact) mass is 304 g/mol. The summed E-state index contributed by atoms with van der Waals surface area (Å²) in [6.07, 6.45) is 4.01. The van der Waals surface area contributed by atoms with Crippen LogP contribution in [-0.2, 0) is 20.7 Å². The van der Waals surface area contributed by atoms with Gasteiger partial charge in [0, 0.05) is 12.1 Å². The smallest absolute Gasteiger partial charge is 0.309 e. The normalized spacial score (nSPS) is 15.3. The Hall–Kier alpha value is -1.88. The highest BCUT2D eigenvalue weighted by molar-refractivity contribution is 5.90. The molecule has 1 aromatic carbocycles. The number of nitrogens with one attached hydrogen (secondary N) is 2. The number of anilines is 1. The van der Waals surface area contributed by atoms with Crippen molar-refractivity contribution in [2.75, 3.05) is 25.5 Å². The fraction of sp³-hybridized carbons (Fsp3) is 0.529. The lowest BCUT2D eigenvalue weighted by molar-refractivity contribution is -0.139. The predicted molar refractivity (Wildman–Crippen MR) is 85.6 cm³/mol. The van der Waals surface area contributed by atoms with Crippen LogP contribution < -0.4 is 10.6 Å². The molecule has 0 atom stereocenters. The van der Waals surface area contributed by atoms with Crippen molar-refractivity contribution >= 4 is 17.6 Å². The van der Waals surface area contributed by atoms with Crippen molar-refractivity contribution in [1.29, 1.82) is 0 Å². The molecular weight excluding hydrogens is 280 g/mol. The highest BCUT2D eigenvalue weighted by Crippen LogP contribution is 2.18. The van der Waals surface area contributed by atoms with E-state index in [1.165, 1.54) is 7.11 Å². The third-order valence-electron chi connectivity index (χ3n) is 4.03. The van der Waals surface area contributed by atoms with Crippen molar-refractivity contribution in [2.24, 2.45) is 5.92 Å². The standard InChI is InChI=1S/C17H24N2O3/c1-22-17(21)12-14-3-2-4-15(11-14)19-16(20)6-5-13-7-9-18-10-8-13/h2-4,11,13,18H,5-10,12H2,1H3,(H,19,20). The molecule has 0 radical (unpaired) electrons. The van der Waals surface area contributed by atoms with E-state index in [1.807, 2.05) is 24.3 Å². The van der Waals surface area contributed by atoms with E-state index in [-0.39, 0.29) is 18.3 Å². The number of amides is 1. The second-order valence-corrected chi connectivity index (χ2v) is 5.73. The molecule has 0 bridgehead atoms. The van der Waals surface area contributed by atoms with Gasteiger partial charge in [0.25, 0.3) is 0 Å². The first-order valence-electron chi connectivity index (χ1n) is 7.83. The maximum absolute atomic E-state index is 12.0. The fourth-order valence-electron chi connectivity index (χ4n) is 2.73. The molecule has 120 valence electrons. The Kier molecular flexibility index (Phi) is 6.40. The van der Waals surface area contributed by atoms with Gasteiger partial charge in [-0.3, -0.25) is 9.59 Å². The Bertz CT molecular complexity index is 510. The fourth-order valence-corrected chi connectivity index (χ4v) is 2.73. The maximum Gasteiger partial charge on any atom is 0.309 e. The topological polar surface area (TPSA) is 67.4 Å². The highest BCUT2D eigenvalue weighted by atomic mass is 16.5. The van der Waals surface area contributed by atoms with Gasteiger partial charge in [-0.2, -0.15) is 0 Å². The number of ether oxygens (including phenoxy) is 1. The Morgan fingerprint density at radius 1 is 1.32 bits per heavy atom. The molecule has 2 N–H and O–H groups in total. The Morgan fingerprint density at radius 2 is 2.09 bits per heavy atom. The summed E-state index contributed by atoms with van der Waals surface area (Å²) in [6.45, 7) is 2.11. The van der Waals surface area contributed by atoms with E-state index in [2.05, 4.69) is 15.4 Å². The number of carbonyl (C=O) groups is 2. The Morgan fingerprint density at radius 3 is 2.82 bits per heavy atom. The summed E-state index contributed by atoms with van der Waals surface area (Å²) in [4.78, 5) is 23.3. The summed E-state index contributed by atoms with van der Waals surface area (Å²) < 4.78 is 4.65. The molecule has 5 nitrogen and oxygen atoms in total. The van der Waals surface area contributed by atoms with Crippen LogP contribution in [0.25, 0.3) is 0 Å². The number of benzene rings is 1. The van der Waals surface area contributed by atoms with E-state index < -0.39 is 0 Å². The Balaban J connectivity index is 1.80. The van der Waals surface area contributed by atoms with Crippen molar-refractivity contribution in [3.8, 4) is 0 Å².